The fourth-order valence-corrected chi connectivity index (χ4v) is 1.45. The lowest BCUT2D eigenvalue weighted by atomic mass is 9.86. The highest BCUT2D eigenvalue weighted by molar-refractivity contribution is 5.75. The maximum Gasteiger partial charge on any atom is 0.314 e. The van der Waals surface area contributed by atoms with E-state index in [0.29, 0.717) is 5.75 Å². The summed E-state index contributed by atoms with van der Waals surface area (Å²) in [6.07, 6.45) is 3.14. The van der Waals surface area contributed by atoms with Crippen molar-refractivity contribution in [1.29, 1.82) is 0 Å². The lowest BCUT2D eigenvalue weighted by Crippen LogP contribution is -2.26. The molecule has 1 aliphatic rings. The Labute approximate surface area is 83.9 Å². The van der Waals surface area contributed by atoms with Crippen LogP contribution in [0.1, 0.15) is 24.8 Å². The van der Waals surface area contributed by atoms with Crippen molar-refractivity contribution in [3.05, 3.63) is 29.8 Å². The summed E-state index contributed by atoms with van der Waals surface area (Å²) in [6, 6.07) is 7.57. The molecule has 1 aromatic rings. The van der Waals surface area contributed by atoms with Crippen LogP contribution in [0.4, 0.5) is 0 Å². The predicted molar refractivity (Wildman–Crippen MR) is 54.2 cm³/mol. The molecule has 0 aromatic heterocycles. The second-order valence-electron chi connectivity index (χ2n) is 3.86. The number of hydrogen-bond acceptors (Lipinski definition) is 2. The monoisotopic (exact) mass is 190 g/mol. The van der Waals surface area contributed by atoms with Crippen molar-refractivity contribution < 1.29 is 9.53 Å². The van der Waals surface area contributed by atoms with Crippen molar-refractivity contribution in [3.8, 4) is 5.75 Å². The fourth-order valence-electron chi connectivity index (χ4n) is 1.45. The van der Waals surface area contributed by atoms with E-state index in [1.807, 2.05) is 31.2 Å². The van der Waals surface area contributed by atoms with Crippen LogP contribution in [0.15, 0.2) is 24.3 Å². The summed E-state index contributed by atoms with van der Waals surface area (Å²) in [4.78, 5) is 11.5. The van der Waals surface area contributed by atoms with Gasteiger partial charge in [0.1, 0.15) is 5.75 Å². The standard InChI is InChI=1S/C12H14O2/c1-9-5-7-11(8-6-9)14-12(13)10-3-2-4-10/h5-8,10H,2-4H2,1H3. The van der Waals surface area contributed by atoms with Gasteiger partial charge in [0.05, 0.1) is 5.92 Å². The van der Waals surface area contributed by atoms with E-state index in [0.717, 1.165) is 19.3 Å². The summed E-state index contributed by atoms with van der Waals surface area (Å²) < 4.78 is 5.23. The molecule has 0 aliphatic heterocycles. The third-order valence-electron chi connectivity index (χ3n) is 2.68. The topological polar surface area (TPSA) is 26.3 Å². The van der Waals surface area contributed by atoms with Gasteiger partial charge in [-0.1, -0.05) is 24.1 Å². The molecule has 1 aliphatic carbocycles. The fraction of sp³-hybridized carbons (Fsp3) is 0.417. The van der Waals surface area contributed by atoms with Crippen LogP contribution in [0, 0.1) is 12.8 Å². The summed E-state index contributed by atoms with van der Waals surface area (Å²) in [5.41, 5.74) is 1.17. The van der Waals surface area contributed by atoms with Crippen LogP contribution in [-0.4, -0.2) is 5.97 Å². The second kappa shape index (κ2) is 3.82. The minimum Gasteiger partial charge on any atom is -0.426 e. The van der Waals surface area contributed by atoms with Crippen molar-refractivity contribution in [3.63, 3.8) is 0 Å². The number of ether oxygens (including phenoxy) is 1. The number of esters is 1. The molecular weight excluding hydrogens is 176 g/mol. The molecule has 0 spiro atoms. The first-order valence-electron chi connectivity index (χ1n) is 5.04. The van der Waals surface area contributed by atoms with Crippen molar-refractivity contribution in [1.82, 2.24) is 0 Å². The van der Waals surface area contributed by atoms with Gasteiger partial charge in [-0.05, 0) is 31.9 Å². The second-order valence-corrected chi connectivity index (χ2v) is 3.86. The van der Waals surface area contributed by atoms with Gasteiger partial charge in [0.25, 0.3) is 0 Å². The van der Waals surface area contributed by atoms with Crippen LogP contribution in [0.25, 0.3) is 0 Å². The molecule has 2 nitrogen and oxygen atoms in total. The number of carbonyl (C=O) groups is 1. The van der Waals surface area contributed by atoms with E-state index in [2.05, 4.69) is 0 Å². The molecule has 0 heterocycles. The quantitative estimate of drug-likeness (QED) is 0.529. The van der Waals surface area contributed by atoms with Crippen molar-refractivity contribution >= 4 is 5.97 Å². The lowest BCUT2D eigenvalue weighted by Gasteiger charge is -2.22. The van der Waals surface area contributed by atoms with Gasteiger partial charge in [0, 0.05) is 0 Å². The number of carbonyl (C=O) groups excluding carboxylic acids is 1. The summed E-state index contributed by atoms with van der Waals surface area (Å²) in [5.74, 6) is 0.740. The first-order chi connectivity index (χ1) is 6.75. The Morgan fingerprint density at radius 2 is 1.93 bits per heavy atom. The normalized spacial score (nSPS) is 16.1. The smallest absolute Gasteiger partial charge is 0.314 e. The van der Waals surface area contributed by atoms with Gasteiger partial charge in [-0.15, -0.1) is 0 Å². The molecule has 0 amide bonds. The zero-order valence-electron chi connectivity index (χ0n) is 8.32. The summed E-state index contributed by atoms with van der Waals surface area (Å²) in [5, 5.41) is 0. The molecule has 0 bridgehead atoms. The number of aryl methyl sites for hydroxylation is 1. The van der Waals surface area contributed by atoms with Crippen LogP contribution in [-0.2, 0) is 4.79 Å². The van der Waals surface area contributed by atoms with Gasteiger partial charge in [-0.2, -0.15) is 0 Å². The van der Waals surface area contributed by atoms with E-state index >= 15 is 0 Å². The van der Waals surface area contributed by atoms with Gasteiger partial charge in [0.15, 0.2) is 0 Å². The van der Waals surface area contributed by atoms with E-state index in [1.54, 1.807) is 0 Å². The van der Waals surface area contributed by atoms with Gasteiger partial charge in [0.2, 0.25) is 0 Å². The molecule has 74 valence electrons. The van der Waals surface area contributed by atoms with E-state index < -0.39 is 0 Å². The molecule has 0 N–H and O–H groups in total. The molecule has 2 heteroatoms. The van der Waals surface area contributed by atoms with Crippen molar-refractivity contribution in [2.45, 2.75) is 26.2 Å². The molecule has 1 saturated carbocycles. The first-order valence-corrected chi connectivity index (χ1v) is 5.04. The maximum atomic E-state index is 11.5. The molecule has 0 atom stereocenters. The molecule has 1 fully saturated rings. The Balaban J connectivity index is 1.96. The molecule has 14 heavy (non-hydrogen) atoms. The molecule has 0 unspecified atom stereocenters. The highest BCUT2D eigenvalue weighted by Gasteiger charge is 2.26. The van der Waals surface area contributed by atoms with E-state index in [1.165, 1.54) is 5.56 Å². The SMILES string of the molecule is Cc1ccc(OC(=O)C2CCC2)cc1. The van der Waals surface area contributed by atoms with Crippen molar-refractivity contribution in [2.24, 2.45) is 5.92 Å². The highest BCUT2D eigenvalue weighted by atomic mass is 16.5. The molecule has 1 aromatic carbocycles. The number of hydrogen-bond donors (Lipinski definition) is 0. The first kappa shape index (κ1) is 9.25. The Morgan fingerprint density at radius 3 is 2.43 bits per heavy atom. The Morgan fingerprint density at radius 1 is 1.29 bits per heavy atom. The largest absolute Gasteiger partial charge is 0.426 e. The van der Waals surface area contributed by atoms with Gasteiger partial charge in [-0.25, -0.2) is 0 Å². The molecule has 0 radical (unpaired) electrons. The van der Waals surface area contributed by atoms with Crippen LogP contribution in [0.2, 0.25) is 0 Å². The number of rotatable bonds is 2. The van der Waals surface area contributed by atoms with Gasteiger partial charge < -0.3 is 4.74 Å². The summed E-state index contributed by atoms with van der Waals surface area (Å²) >= 11 is 0. The van der Waals surface area contributed by atoms with Crippen LogP contribution in [0.5, 0.6) is 5.75 Å². The van der Waals surface area contributed by atoms with Gasteiger partial charge >= 0.3 is 5.97 Å². The zero-order chi connectivity index (χ0) is 9.97. The Kier molecular flexibility index (Phi) is 2.53. The average molecular weight is 190 g/mol. The van der Waals surface area contributed by atoms with Crippen LogP contribution in [0.3, 0.4) is 0 Å². The molecule has 0 saturated heterocycles. The van der Waals surface area contributed by atoms with Crippen molar-refractivity contribution in [2.75, 3.05) is 0 Å². The van der Waals surface area contributed by atoms with E-state index in [9.17, 15) is 4.79 Å². The minimum absolute atomic E-state index is 0.0693. The molecule has 2 rings (SSSR count). The van der Waals surface area contributed by atoms with Crippen LogP contribution >= 0.6 is 0 Å². The van der Waals surface area contributed by atoms with E-state index in [-0.39, 0.29) is 11.9 Å². The summed E-state index contributed by atoms with van der Waals surface area (Å²) in [7, 11) is 0. The average Bonchev–Trinajstić information content (AvgIpc) is 2.06. The lowest BCUT2D eigenvalue weighted by molar-refractivity contribution is -0.141. The number of benzene rings is 1. The Hall–Kier alpha value is -1.31. The van der Waals surface area contributed by atoms with E-state index in [4.69, 9.17) is 4.74 Å². The summed E-state index contributed by atoms with van der Waals surface area (Å²) in [6.45, 7) is 2.01. The minimum atomic E-state index is -0.0693. The third-order valence-corrected chi connectivity index (χ3v) is 2.68. The maximum absolute atomic E-state index is 11.5. The zero-order valence-corrected chi connectivity index (χ0v) is 8.32. The predicted octanol–water partition coefficient (Wildman–Crippen LogP) is 2.70. The highest BCUT2D eigenvalue weighted by Crippen LogP contribution is 2.28. The molecular formula is C12H14O2. The Bertz CT molecular complexity index is 323. The van der Waals surface area contributed by atoms with Gasteiger partial charge in [-0.3, -0.25) is 4.79 Å². The van der Waals surface area contributed by atoms with Crippen LogP contribution < -0.4 is 4.74 Å². The third kappa shape index (κ3) is 1.95.